The summed E-state index contributed by atoms with van der Waals surface area (Å²) in [6.45, 7) is 2.16. The average molecular weight is 452 g/mol. The molecule has 0 unspecified atom stereocenters. The fraction of sp³-hybridized carbons (Fsp3) is 0.474. The van der Waals surface area contributed by atoms with Crippen LogP contribution in [-0.2, 0) is 9.53 Å². The quantitative estimate of drug-likeness (QED) is 0.750. The Hall–Kier alpha value is -2.36. The molecule has 0 radical (unpaired) electrons. The van der Waals surface area contributed by atoms with Crippen LogP contribution in [-0.4, -0.2) is 76.8 Å². The van der Waals surface area contributed by atoms with Gasteiger partial charge < -0.3 is 24.4 Å². The first-order chi connectivity index (χ1) is 14.5. The summed E-state index contributed by atoms with van der Waals surface area (Å²) < 4.78 is 10.9. The highest BCUT2D eigenvalue weighted by atomic mass is 35.5. The van der Waals surface area contributed by atoms with Crippen molar-refractivity contribution in [2.75, 3.05) is 32.8 Å². The lowest BCUT2D eigenvalue weighted by molar-refractivity contribution is -0.139. The normalized spacial score (nSPS) is 24.3. The Morgan fingerprint density at radius 1 is 1.20 bits per heavy atom. The Kier molecular flexibility index (Phi) is 5.04. The average Bonchev–Trinajstić information content (AvgIpc) is 3.15. The molecule has 1 aromatic heterocycles. The van der Waals surface area contributed by atoms with Crippen LogP contribution in [0.5, 0.6) is 0 Å². The van der Waals surface area contributed by atoms with Crippen LogP contribution in [0.15, 0.2) is 22.7 Å². The second-order valence-electron chi connectivity index (χ2n) is 7.72. The van der Waals surface area contributed by atoms with Gasteiger partial charge in [0.2, 0.25) is 17.6 Å². The van der Waals surface area contributed by atoms with Gasteiger partial charge in [0.05, 0.1) is 23.1 Å². The minimum Gasteiger partial charge on any atom is -0.366 e. The van der Waals surface area contributed by atoms with Crippen LogP contribution in [0.3, 0.4) is 0 Å². The van der Waals surface area contributed by atoms with E-state index in [-0.39, 0.29) is 36.6 Å². The molecule has 30 heavy (non-hydrogen) atoms. The number of benzene rings is 1. The third kappa shape index (κ3) is 3.61. The number of hydrogen-bond acceptors (Lipinski definition) is 6. The zero-order valence-corrected chi connectivity index (χ0v) is 17.4. The number of nitrogens with one attached hydrogen (secondary N) is 1. The molecule has 3 fully saturated rings. The monoisotopic (exact) mass is 451 g/mol. The van der Waals surface area contributed by atoms with Gasteiger partial charge in [-0.05, 0) is 24.6 Å². The number of carbonyl (C=O) groups excluding carboxylic acids is 2. The number of aromatic nitrogens is 2. The molecule has 3 aliphatic heterocycles. The summed E-state index contributed by atoms with van der Waals surface area (Å²) >= 11 is 12.1. The number of amides is 3. The second-order valence-corrected chi connectivity index (χ2v) is 8.57. The molecule has 3 amide bonds. The summed E-state index contributed by atoms with van der Waals surface area (Å²) in [7, 11) is 0. The number of likely N-dealkylation sites (tertiary alicyclic amines) is 2. The number of hydrogen-bond donors (Lipinski definition) is 1. The summed E-state index contributed by atoms with van der Waals surface area (Å²) in [5.41, 5.74) is 0.642. The number of rotatable bonds is 2. The fourth-order valence-electron chi connectivity index (χ4n) is 4.05. The van der Waals surface area contributed by atoms with Gasteiger partial charge in [-0.2, -0.15) is 4.98 Å². The minimum atomic E-state index is -0.149. The lowest BCUT2D eigenvalue weighted by Crippen LogP contribution is -2.63. The highest BCUT2D eigenvalue weighted by Crippen LogP contribution is 2.32. The van der Waals surface area contributed by atoms with Gasteiger partial charge in [0.1, 0.15) is 6.61 Å². The molecular formula is C19H19Cl2N5O4. The third-order valence-corrected chi connectivity index (χ3v) is 6.26. The molecule has 4 heterocycles. The molecule has 0 spiro atoms. The lowest BCUT2D eigenvalue weighted by Gasteiger charge is -2.45. The van der Waals surface area contributed by atoms with E-state index >= 15 is 0 Å². The first-order valence-corrected chi connectivity index (χ1v) is 10.5. The van der Waals surface area contributed by atoms with Crippen LogP contribution in [0.1, 0.15) is 18.2 Å². The van der Waals surface area contributed by atoms with E-state index in [0.29, 0.717) is 59.9 Å². The van der Waals surface area contributed by atoms with Crippen LogP contribution in [0, 0.1) is 0 Å². The van der Waals surface area contributed by atoms with Gasteiger partial charge >= 0.3 is 6.03 Å². The summed E-state index contributed by atoms with van der Waals surface area (Å²) in [4.78, 5) is 32.3. The Balaban J connectivity index is 1.19. The number of halogens is 2. The van der Waals surface area contributed by atoms with Gasteiger partial charge in [0.25, 0.3) is 0 Å². The summed E-state index contributed by atoms with van der Waals surface area (Å²) in [6, 6.07) is 4.88. The van der Waals surface area contributed by atoms with Crippen molar-refractivity contribution in [3.05, 3.63) is 34.1 Å². The van der Waals surface area contributed by atoms with E-state index in [1.54, 1.807) is 28.0 Å². The summed E-state index contributed by atoms with van der Waals surface area (Å²) in [5, 5.41) is 7.90. The molecule has 2 aromatic rings. The Morgan fingerprint density at radius 3 is 2.83 bits per heavy atom. The second kappa shape index (κ2) is 7.72. The third-order valence-electron chi connectivity index (χ3n) is 5.71. The standard InChI is InChI=1S/C19H19Cl2N5O4/c20-11-1-2-12(13(21)5-11)17-23-18(30-24-17)10-6-26(7-10)19(28)25-4-3-15-14(8-25)22-16(27)9-29-15/h1-2,5,10,14-15H,3-4,6-9H2,(H,22,27)/t14-,15+/m1/s1. The maximum Gasteiger partial charge on any atom is 0.320 e. The fourth-order valence-corrected chi connectivity index (χ4v) is 4.54. The Labute approximate surface area is 182 Å². The molecule has 1 N–H and O–H groups in total. The van der Waals surface area contributed by atoms with Crippen molar-refractivity contribution >= 4 is 35.1 Å². The number of piperidine rings is 1. The van der Waals surface area contributed by atoms with Gasteiger partial charge in [0.15, 0.2) is 0 Å². The highest BCUT2D eigenvalue weighted by Gasteiger charge is 2.41. The molecule has 9 nitrogen and oxygen atoms in total. The van der Waals surface area contributed by atoms with Crippen molar-refractivity contribution in [1.82, 2.24) is 25.3 Å². The molecule has 3 saturated heterocycles. The largest absolute Gasteiger partial charge is 0.366 e. The first-order valence-electron chi connectivity index (χ1n) is 9.72. The molecular weight excluding hydrogens is 433 g/mol. The zero-order chi connectivity index (χ0) is 20.8. The van der Waals surface area contributed by atoms with Crippen LogP contribution in [0.4, 0.5) is 4.79 Å². The summed E-state index contributed by atoms with van der Waals surface area (Å²) in [6.07, 6.45) is 0.690. The maximum atomic E-state index is 12.8. The number of morpholine rings is 1. The smallest absolute Gasteiger partial charge is 0.320 e. The Bertz CT molecular complexity index is 993. The maximum absolute atomic E-state index is 12.8. The van der Waals surface area contributed by atoms with Crippen molar-refractivity contribution in [3.8, 4) is 11.4 Å². The van der Waals surface area contributed by atoms with E-state index in [0.717, 1.165) is 0 Å². The van der Waals surface area contributed by atoms with E-state index in [9.17, 15) is 9.59 Å². The SMILES string of the molecule is O=C1CO[C@H]2CCN(C(=O)N3CC(c4nc(-c5ccc(Cl)cc5Cl)no4)C3)C[C@H]2N1. The molecule has 0 aliphatic carbocycles. The first kappa shape index (κ1) is 19.6. The molecule has 0 saturated carbocycles. The van der Waals surface area contributed by atoms with Crippen molar-refractivity contribution in [1.29, 1.82) is 0 Å². The number of nitrogens with zero attached hydrogens (tertiary/aromatic N) is 4. The van der Waals surface area contributed by atoms with Gasteiger partial charge in [-0.25, -0.2) is 4.79 Å². The predicted octanol–water partition coefficient (Wildman–Crippen LogP) is 2.15. The molecule has 11 heteroatoms. The number of fused-ring (bicyclic) bond motifs is 1. The number of ether oxygens (including phenoxy) is 1. The molecule has 3 aliphatic rings. The van der Waals surface area contributed by atoms with Crippen molar-refractivity contribution in [2.45, 2.75) is 24.5 Å². The molecule has 158 valence electrons. The van der Waals surface area contributed by atoms with Crippen LogP contribution in [0.2, 0.25) is 10.0 Å². The van der Waals surface area contributed by atoms with Gasteiger partial charge in [-0.15, -0.1) is 0 Å². The van der Waals surface area contributed by atoms with E-state index < -0.39 is 0 Å². The van der Waals surface area contributed by atoms with Crippen LogP contribution < -0.4 is 5.32 Å². The van der Waals surface area contributed by atoms with E-state index in [2.05, 4.69) is 15.5 Å². The van der Waals surface area contributed by atoms with E-state index in [1.165, 1.54) is 0 Å². The van der Waals surface area contributed by atoms with Gasteiger partial charge in [-0.3, -0.25) is 4.79 Å². The molecule has 1 aromatic carbocycles. The zero-order valence-electron chi connectivity index (χ0n) is 15.9. The topological polar surface area (TPSA) is 101 Å². The Morgan fingerprint density at radius 2 is 2.03 bits per heavy atom. The van der Waals surface area contributed by atoms with Crippen molar-refractivity contribution in [2.24, 2.45) is 0 Å². The lowest BCUT2D eigenvalue weighted by atomic mass is 9.98. The van der Waals surface area contributed by atoms with Crippen molar-refractivity contribution < 1.29 is 18.8 Å². The van der Waals surface area contributed by atoms with Gasteiger partial charge in [-0.1, -0.05) is 28.4 Å². The molecule has 2 atom stereocenters. The number of urea groups is 1. The van der Waals surface area contributed by atoms with E-state index in [1.807, 2.05) is 0 Å². The molecule has 5 rings (SSSR count). The van der Waals surface area contributed by atoms with Crippen LogP contribution in [0.25, 0.3) is 11.4 Å². The van der Waals surface area contributed by atoms with E-state index in [4.69, 9.17) is 32.5 Å². The summed E-state index contributed by atoms with van der Waals surface area (Å²) in [5.74, 6) is 0.720. The highest BCUT2D eigenvalue weighted by molar-refractivity contribution is 6.36. The predicted molar refractivity (Wildman–Crippen MR) is 107 cm³/mol. The van der Waals surface area contributed by atoms with Gasteiger partial charge in [0, 0.05) is 36.8 Å². The minimum absolute atomic E-state index is 0.0171. The van der Waals surface area contributed by atoms with Crippen molar-refractivity contribution in [3.63, 3.8) is 0 Å². The van der Waals surface area contributed by atoms with Crippen LogP contribution >= 0.6 is 23.2 Å². The number of carbonyl (C=O) groups is 2. The molecule has 0 bridgehead atoms.